The lowest BCUT2D eigenvalue weighted by molar-refractivity contribution is -0.190. The van der Waals surface area contributed by atoms with Crippen molar-refractivity contribution in [3.05, 3.63) is 29.3 Å². The maximum Gasteiger partial charge on any atom is 0.408 e. The van der Waals surface area contributed by atoms with Gasteiger partial charge in [-0.25, -0.2) is 9.59 Å². The lowest BCUT2D eigenvalue weighted by Crippen LogP contribution is -2.55. The third kappa shape index (κ3) is 8.58. The molecule has 0 saturated carbocycles. The van der Waals surface area contributed by atoms with Gasteiger partial charge in [0.1, 0.15) is 35.6 Å². The van der Waals surface area contributed by atoms with Crippen molar-refractivity contribution in [3.8, 4) is 11.8 Å². The summed E-state index contributed by atoms with van der Waals surface area (Å²) in [6, 6.07) is 5.66. The zero-order chi connectivity index (χ0) is 31.2. The average Bonchev–Trinajstić information content (AvgIpc) is 3.30. The molecule has 0 aromatic heterocycles. The van der Waals surface area contributed by atoms with Crippen LogP contribution in [0.25, 0.3) is 0 Å². The number of hydrogen-bond donors (Lipinski definition) is 2. The van der Waals surface area contributed by atoms with Crippen molar-refractivity contribution in [2.24, 2.45) is 5.92 Å². The Morgan fingerprint density at radius 3 is 2.55 bits per heavy atom. The molecule has 12 nitrogen and oxygen atoms in total. The number of hydrogen-bond acceptors (Lipinski definition) is 9. The third-order valence-electron chi connectivity index (χ3n) is 6.82. The highest BCUT2D eigenvalue weighted by atomic mass is 16.7. The van der Waals surface area contributed by atoms with E-state index in [0.717, 1.165) is 0 Å². The van der Waals surface area contributed by atoms with Gasteiger partial charge in [-0.1, -0.05) is 13.8 Å². The van der Waals surface area contributed by atoms with Gasteiger partial charge < -0.3 is 34.5 Å². The number of fused-ring (bicyclic) bond motifs is 1. The summed E-state index contributed by atoms with van der Waals surface area (Å²) < 4.78 is 23.0. The molecule has 1 saturated heterocycles. The Bertz CT molecular complexity index is 1220. The molecule has 3 atom stereocenters. The third-order valence-corrected chi connectivity index (χ3v) is 6.82. The quantitative estimate of drug-likeness (QED) is 0.310. The molecule has 42 heavy (non-hydrogen) atoms. The van der Waals surface area contributed by atoms with E-state index in [4.69, 9.17) is 18.9 Å². The summed E-state index contributed by atoms with van der Waals surface area (Å²) in [7, 11) is 0. The van der Waals surface area contributed by atoms with Crippen molar-refractivity contribution in [1.82, 2.24) is 15.5 Å². The first-order chi connectivity index (χ1) is 19.6. The second kappa shape index (κ2) is 13.4. The Labute approximate surface area is 247 Å². The number of carbonyl (C=O) groups is 4. The van der Waals surface area contributed by atoms with Crippen LogP contribution < -0.4 is 15.4 Å². The van der Waals surface area contributed by atoms with Crippen LogP contribution in [0.1, 0.15) is 84.9 Å². The zero-order valence-electron chi connectivity index (χ0n) is 25.4. The van der Waals surface area contributed by atoms with Crippen molar-refractivity contribution in [2.45, 2.75) is 97.1 Å². The van der Waals surface area contributed by atoms with Crippen LogP contribution in [0.4, 0.5) is 4.79 Å². The second-order valence-corrected chi connectivity index (χ2v) is 12.5. The molecule has 1 fully saturated rings. The Kier molecular flexibility index (Phi) is 10.4. The number of esters is 1. The van der Waals surface area contributed by atoms with Gasteiger partial charge >= 0.3 is 12.1 Å². The predicted octanol–water partition coefficient (Wildman–Crippen LogP) is 3.33. The minimum Gasteiger partial charge on any atom is -0.485 e. The number of nitrogens with one attached hydrogen (secondary N) is 2. The summed E-state index contributed by atoms with van der Waals surface area (Å²) in [6.07, 6.45) is -0.0766. The molecule has 1 aromatic carbocycles. The zero-order valence-corrected chi connectivity index (χ0v) is 25.4. The highest BCUT2D eigenvalue weighted by molar-refractivity contribution is 5.87. The molecule has 2 heterocycles. The molecule has 0 unspecified atom stereocenters. The van der Waals surface area contributed by atoms with E-state index >= 15 is 0 Å². The van der Waals surface area contributed by atoms with Crippen LogP contribution in [0, 0.1) is 17.2 Å². The van der Waals surface area contributed by atoms with Gasteiger partial charge in [0.25, 0.3) is 0 Å². The van der Waals surface area contributed by atoms with Crippen molar-refractivity contribution < 1.29 is 38.1 Å². The SMILES string of the molecule is CC(C)C[C@H](NC(=O)CNC(=O)OC(C)(C)C)C(=O)OCO[C@H]1[C@H](N2CCCC2=O)c2cc(C#N)ccc2OC1(C)C. The molecule has 3 rings (SSSR count). The van der Waals surface area contributed by atoms with Gasteiger partial charge in [-0.3, -0.25) is 9.59 Å². The van der Waals surface area contributed by atoms with Gasteiger partial charge in [0.15, 0.2) is 6.79 Å². The van der Waals surface area contributed by atoms with Gasteiger partial charge in [0.05, 0.1) is 17.7 Å². The maximum atomic E-state index is 13.1. The van der Waals surface area contributed by atoms with Gasteiger partial charge in [0, 0.05) is 18.5 Å². The summed E-state index contributed by atoms with van der Waals surface area (Å²) in [5.41, 5.74) is -0.557. The minimum absolute atomic E-state index is 0.0312. The Morgan fingerprint density at radius 2 is 1.95 bits per heavy atom. The smallest absolute Gasteiger partial charge is 0.408 e. The summed E-state index contributed by atoms with van der Waals surface area (Å²) in [6.45, 7) is 12.3. The second-order valence-electron chi connectivity index (χ2n) is 12.5. The van der Waals surface area contributed by atoms with E-state index in [1.54, 1.807) is 43.9 Å². The highest BCUT2D eigenvalue weighted by Gasteiger charge is 2.49. The van der Waals surface area contributed by atoms with E-state index in [1.165, 1.54) is 0 Å². The van der Waals surface area contributed by atoms with E-state index in [1.807, 2.05) is 27.7 Å². The molecule has 1 aromatic rings. The number of carbonyl (C=O) groups excluding carboxylic acids is 4. The number of amides is 3. The fourth-order valence-electron chi connectivity index (χ4n) is 5.08. The lowest BCUT2D eigenvalue weighted by Gasteiger charge is -2.47. The molecule has 2 N–H and O–H groups in total. The summed E-state index contributed by atoms with van der Waals surface area (Å²) >= 11 is 0. The first kappa shape index (κ1) is 32.7. The average molecular weight is 587 g/mol. The van der Waals surface area contributed by atoms with Crippen LogP contribution in [0.2, 0.25) is 0 Å². The maximum absolute atomic E-state index is 13.1. The Hall–Kier alpha value is -3.85. The summed E-state index contributed by atoms with van der Waals surface area (Å²) in [5.74, 6) is -0.713. The predicted molar refractivity (Wildman–Crippen MR) is 151 cm³/mol. The molecule has 12 heteroatoms. The molecule has 230 valence electrons. The van der Waals surface area contributed by atoms with Crippen molar-refractivity contribution >= 4 is 23.9 Å². The number of benzene rings is 1. The first-order valence-electron chi connectivity index (χ1n) is 14.2. The highest BCUT2D eigenvalue weighted by Crippen LogP contribution is 2.45. The molecular weight excluding hydrogens is 544 g/mol. The van der Waals surface area contributed by atoms with Crippen LogP contribution >= 0.6 is 0 Å². The van der Waals surface area contributed by atoms with E-state index in [9.17, 15) is 24.4 Å². The monoisotopic (exact) mass is 586 g/mol. The minimum atomic E-state index is -0.980. The molecule has 2 aliphatic rings. The Balaban J connectivity index is 1.70. The summed E-state index contributed by atoms with van der Waals surface area (Å²) in [4.78, 5) is 52.0. The van der Waals surface area contributed by atoms with Crippen molar-refractivity contribution in [2.75, 3.05) is 19.9 Å². The van der Waals surface area contributed by atoms with Crippen LogP contribution in [-0.2, 0) is 28.6 Å². The van der Waals surface area contributed by atoms with Crippen LogP contribution in [0.5, 0.6) is 5.75 Å². The number of nitrogens with zero attached hydrogens (tertiary/aromatic N) is 2. The number of ether oxygens (including phenoxy) is 4. The van der Waals surface area contributed by atoms with Gasteiger partial charge in [-0.05, 0) is 71.6 Å². The van der Waals surface area contributed by atoms with E-state index in [-0.39, 0.29) is 18.4 Å². The van der Waals surface area contributed by atoms with E-state index in [0.29, 0.717) is 42.7 Å². The van der Waals surface area contributed by atoms with E-state index in [2.05, 4.69) is 16.7 Å². The molecule has 2 aliphatic heterocycles. The van der Waals surface area contributed by atoms with Crippen LogP contribution in [0.15, 0.2) is 18.2 Å². The molecule has 0 spiro atoms. The topological polar surface area (TPSA) is 156 Å². The van der Waals surface area contributed by atoms with E-state index < -0.39 is 54.2 Å². The van der Waals surface area contributed by atoms with Gasteiger partial charge in [-0.15, -0.1) is 0 Å². The van der Waals surface area contributed by atoms with Crippen LogP contribution in [0.3, 0.4) is 0 Å². The number of nitriles is 1. The molecule has 0 aliphatic carbocycles. The molecular formula is C30H42N4O8. The largest absolute Gasteiger partial charge is 0.485 e. The summed E-state index contributed by atoms with van der Waals surface area (Å²) in [5, 5.41) is 14.5. The molecule has 3 amide bonds. The van der Waals surface area contributed by atoms with Crippen molar-refractivity contribution in [3.63, 3.8) is 0 Å². The van der Waals surface area contributed by atoms with Crippen molar-refractivity contribution in [1.29, 1.82) is 5.26 Å². The standard InChI is InChI=1S/C30H42N4O8/c1-18(2)13-21(33-23(35)16-32-28(38)42-29(3,4)5)27(37)40-17-39-26-25(34-12-8-9-24(34)36)20-14-19(15-31)10-11-22(20)41-30(26,6)7/h10-11,14,18,21,25-26H,8-9,12-13,16-17H2,1-7H3,(H,32,38)(H,33,35)/t21-,25+,26-/m0/s1. The van der Waals surface area contributed by atoms with Gasteiger partial charge in [0.2, 0.25) is 11.8 Å². The van der Waals surface area contributed by atoms with Crippen LogP contribution in [-0.4, -0.2) is 72.0 Å². The number of rotatable bonds is 10. The number of likely N-dealkylation sites (tertiary alicyclic amines) is 1. The van der Waals surface area contributed by atoms with Gasteiger partial charge in [-0.2, -0.15) is 5.26 Å². The molecule has 0 radical (unpaired) electrons. The fourth-order valence-corrected chi connectivity index (χ4v) is 5.08. The Morgan fingerprint density at radius 1 is 1.24 bits per heavy atom. The number of alkyl carbamates (subject to hydrolysis) is 1. The first-order valence-corrected chi connectivity index (χ1v) is 14.2. The lowest BCUT2D eigenvalue weighted by atomic mass is 9.85. The molecule has 0 bridgehead atoms. The normalized spacial score (nSPS) is 20.2. The fraction of sp³-hybridized carbons (Fsp3) is 0.633.